The molecule has 10 heteroatoms. The van der Waals surface area contributed by atoms with Gasteiger partial charge in [-0.3, -0.25) is 24.1 Å². The molecule has 1 N–H and O–H groups in total. The van der Waals surface area contributed by atoms with Gasteiger partial charge in [-0.15, -0.1) is 0 Å². The van der Waals surface area contributed by atoms with Gasteiger partial charge >= 0.3 is 0 Å². The van der Waals surface area contributed by atoms with Crippen LogP contribution in [0.3, 0.4) is 0 Å². The molecule has 2 saturated heterocycles. The number of fused-ring (bicyclic) bond motifs is 4. The number of nitrogens with zero attached hydrogens (tertiary/aromatic N) is 2. The van der Waals surface area contributed by atoms with Gasteiger partial charge in [0.2, 0.25) is 23.6 Å². The molecule has 0 spiro atoms. The Morgan fingerprint density at radius 3 is 2.20 bits per heavy atom. The van der Waals surface area contributed by atoms with Crippen LogP contribution in [0.15, 0.2) is 109 Å². The Morgan fingerprint density at radius 1 is 0.816 bits per heavy atom. The molecule has 0 unspecified atom stereocenters. The van der Waals surface area contributed by atoms with E-state index in [1.165, 1.54) is 16.9 Å². The number of hydrogen-bond donors (Lipinski definition) is 1. The van der Waals surface area contributed by atoms with E-state index in [9.17, 15) is 19.5 Å². The first-order valence-electron chi connectivity index (χ1n) is 16.1. The molecule has 0 radical (unpaired) electrons. The van der Waals surface area contributed by atoms with Crippen molar-refractivity contribution in [3.63, 3.8) is 0 Å². The van der Waals surface area contributed by atoms with Gasteiger partial charge < -0.3 is 9.84 Å². The zero-order valence-electron chi connectivity index (χ0n) is 26.3. The molecule has 0 aromatic heterocycles. The van der Waals surface area contributed by atoms with Crippen LogP contribution in [0.2, 0.25) is 5.02 Å². The predicted octanol–water partition coefficient (Wildman–Crippen LogP) is 7.03. The maximum atomic E-state index is 15.4. The fourth-order valence-electron chi connectivity index (χ4n) is 8.87. The lowest BCUT2D eigenvalue weighted by atomic mass is 9.49. The van der Waals surface area contributed by atoms with Crippen LogP contribution in [0.4, 0.5) is 11.4 Å². The minimum atomic E-state index is -1.42. The van der Waals surface area contributed by atoms with Crippen molar-refractivity contribution in [2.75, 3.05) is 16.9 Å². The molecule has 2 heterocycles. The maximum absolute atomic E-state index is 15.4. The number of methoxy groups -OCH3 is 1. The van der Waals surface area contributed by atoms with Gasteiger partial charge in [0.15, 0.2) is 11.5 Å². The Hall–Kier alpha value is -4.48. The molecule has 6 atom stereocenters. The number of phenolic OH excluding ortho intramolecular Hbond substituents is 1. The van der Waals surface area contributed by atoms with E-state index in [1.807, 2.05) is 71.1 Å². The van der Waals surface area contributed by atoms with Gasteiger partial charge in [-0.25, -0.2) is 4.90 Å². The number of ether oxygens (including phenoxy) is 1. The molecule has 4 aromatic carbocycles. The van der Waals surface area contributed by atoms with Crippen LogP contribution in [-0.2, 0) is 24.6 Å². The number of phenols is 1. The highest BCUT2D eigenvalue weighted by atomic mass is 127. The number of rotatable bonds is 5. The van der Waals surface area contributed by atoms with Crippen LogP contribution in [0.25, 0.3) is 0 Å². The molecule has 4 aromatic rings. The monoisotopic (exact) mass is 784 g/mol. The fraction of sp³-hybridized carbons (Fsp3) is 0.231. The van der Waals surface area contributed by atoms with E-state index < -0.39 is 40.9 Å². The molecule has 246 valence electrons. The lowest BCUT2D eigenvalue weighted by Crippen LogP contribution is -2.53. The van der Waals surface area contributed by atoms with Crippen LogP contribution < -0.4 is 14.5 Å². The second-order valence-electron chi connectivity index (χ2n) is 13.0. The highest BCUT2D eigenvalue weighted by Gasteiger charge is 2.70. The van der Waals surface area contributed by atoms with E-state index in [1.54, 1.807) is 54.6 Å². The van der Waals surface area contributed by atoms with Gasteiger partial charge in [0.05, 0.1) is 45.2 Å². The molecule has 4 aliphatic rings. The van der Waals surface area contributed by atoms with Gasteiger partial charge in [-0.2, -0.15) is 0 Å². The number of carbonyl (C=O) groups is 4. The Kier molecular flexibility index (Phi) is 7.68. The standard InChI is InChI=1S/C39H30ClIN2O6/c1-49-31-18-21(17-30(41)34(31)44)33-26-15-16-27-32(37(47)42(35(27)45)24-12-6-3-7-13-24)28(26)20-29-36(46)43(25-14-8-11-23(40)19-25)38(48)39(29,33)22-9-4-2-5-10-22/h2-15,17-19,27-29,32-33,44H,16,20H2,1H3/t27-,28+,29-,32-,33-,39+/m0/s1. The molecule has 1 saturated carbocycles. The minimum absolute atomic E-state index is 0.0355. The summed E-state index contributed by atoms with van der Waals surface area (Å²) in [5, 5.41) is 11.3. The lowest BCUT2D eigenvalue weighted by molar-refractivity contribution is -0.127. The normalized spacial score (nSPS) is 27.5. The molecule has 49 heavy (non-hydrogen) atoms. The molecule has 8 nitrogen and oxygen atoms in total. The number of halogens is 2. The SMILES string of the molecule is COc1cc([C@H]2C3=CC[C@@H]4C(=O)N(c5ccccc5)C(=O)[C@@H]4[C@@H]3C[C@H]3C(=O)N(c4cccc(Cl)c4)C(=O)[C@@]23c2ccccc2)cc(I)c1O. The first-order valence-corrected chi connectivity index (χ1v) is 17.5. The third-order valence-electron chi connectivity index (χ3n) is 10.8. The Morgan fingerprint density at radius 2 is 1.51 bits per heavy atom. The quantitative estimate of drug-likeness (QED) is 0.133. The fourth-order valence-corrected chi connectivity index (χ4v) is 9.68. The molecule has 4 amide bonds. The van der Waals surface area contributed by atoms with Crippen LogP contribution in [0, 0.1) is 27.2 Å². The molecule has 3 fully saturated rings. The first kappa shape index (κ1) is 31.8. The van der Waals surface area contributed by atoms with E-state index in [0.29, 0.717) is 37.5 Å². The van der Waals surface area contributed by atoms with E-state index in [4.69, 9.17) is 16.3 Å². The zero-order valence-corrected chi connectivity index (χ0v) is 29.2. The Balaban J connectivity index is 1.38. The number of allylic oxidation sites excluding steroid dienone is 2. The van der Waals surface area contributed by atoms with Gasteiger partial charge in [0, 0.05) is 10.9 Å². The summed E-state index contributed by atoms with van der Waals surface area (Å²) in [6.07, 6.45) is 2.51. The van der Waals surface area contributed by atoms with Gasteiger partial charge in [-0.1, -0.05) is 77.8 Å². The number of amides is 4. The Labute approximate surface area is 301 Å². The van der Waals surface area contributed by atoms with Gasteiger partial charge in [-0.05, 0) is 94.9 Å². The predicted molar refractivity (Wildman–Crippen MR) is 192 cm³/mol. The molecule has 8 rings (SSSR count). The number of para-hydroxylation sites is 1. The number of aromatic hydroxyl groups is 1. The third kappa shape index (κ3) is 4.54. The smallest absolute Gasteiger partial charge is 0.246 e. The lowest BCUT2D eigenvalue weighted by Gasteiger charge is -2.50. The number of carbonyl (C=O) groups excluding carboxylic acids is 4. The highest BCUT2D eigenvalue weighted by molar-refractivity contribution is 14.1. The van der Waals surface area contributed by atoms with Crippen molar-refractivity contribution in [2.45, 2.75) is 24.2 Å². The van der Waals surface area contributed by atoms with Crippen LogP contribution in [0.1, 0.15) is 29.9 Å². The topological polar surface area (TPSA) is 104 Å². The average molecular weight is 785 g/mol. The molecule has 0 bridgehead atoms. The molecule has 2 aliphatic carbocycles. The second kappa shape index (κ2) is 11.8. The van der Waals surface area contributed by atoms with Crippen molar-refractivity contribution in [1.29, 1.82) is 0 Å². The van der Waals surface area contributed by atoms with E-state index in [2.05, 4.69) is 0 Å². The minimum Gasteiger partial charge on any atom is -0.504 e. The number of imide groups is 2. The summed E-state index contributed by atoms with van der Waals surface area (Å²) in [6, 6.07) is 28.5. The summed E-state index contributed by atoms with van der Waals surface area (Å²) >= 11 is 8.43. The summed E-state index contributed by atoms with van der Waals surface area (Å²) in [4.78, 5) is 61.1. The van der Waals surface area contributed by atoms with E-state index in [-0.39, 0.29) is 35.6 Å². The van der Waals surface area contributed by atoms with Crippen molar-refractivity contribution in [3.8, 4) is 11.5 Å². The largest absolute Gasteiger partial charge is 0.504 e. The summed E-state index contributed by atoms with van der Waals surface area (Å²) in [7, 11) is 1.46. The third-order valence-corrected chi connectivity index (χ3v) is 11.8. The second-order valence-corrected chi connectivity index (χ2v) is 14.6. The highest BCUT2D eigenvalue weighted by Crippen LogP contribution is 2.65. The van der Waals surface area contributed by atoms with Crippen molar-refractivity contribution in [3.05, 3.63) is 128 Å². The van der Waals surface area contributed by atoms with Crippen molar-refractivity contribution < 1.29 is 29.0 Å². The van der Waals surface area contributed by atoms with Gasteiger partial charge in [0.1, 0.15) is 0 Å². The maximum Gasteiger partial charge on any atom is 0.246 e. The molecular formula is C39H30ClIN2O6. The summed E-state index contributed by atoms with van der Waals surface area (Å²) in [6.45, 7) is 0. The van der Waals surface area contributed by atoms with Crippen molar-refractivity contribution in [2.24, 2.45) is 23.7 Å². The number of hydrogen-bond acceptors (Lipinski definition) is 6. The van der Waals surface area contributed by atoms with Crippen molar-refractivity contribution >= 4 is 69.2 Å². The number of benzene rings is 4. The van der Waals surface area contributed by atoms with E-state index >= 15 is 4.79 Å². The summed E-state index contributed by atoms with van der Waals surface area (Å²) in [5.41, 5.74) is 1.60. The van der Waals surface area contributed by atoms with Crippen LogP contribution in [-0.4, -0.2) is 35.8 Å². The van der Waals surface area contributed by atoms with E-state index in [0.717, 1.165) is 5.57 Å². The first-order chi connectivity index (χ1) is 23.7. The average Bonchev–Trinajstić information content (AvgIpc) is 3.50. The zero-order chi connectivity index (χ0) is 34.2. The number of anilines is 2. The summed E-state index contributed by atoms with van der Waals surface area (Å²) < 4.78 is 6.11. The van der Waals surface area contributed by atoms with Gasteiger partial charge in [0.25, 0.3) is 0 Å². The molecule has 2 aliphatic heterocycles. The van der Waals surface area contributed by atoms with Crippen LogP contribution in [0.5, 0.6) is 11.5 Å². The molecular weight excluding hydrogens is 755 g/mol. The summed E-state index contributed by atoms with van der Waals surface area (Å²) in [5.74, 6) is -4.62. The Bertz CT molecular complexity index is 2090. The van der Waals surface area contributed by atoms with Crippen molar-refractivity contribution in [1.82, 2.24) is 0 Å². The van der Waals surface area contributed by atoms with Crippen LogP contribution >= 0.6 is 34.2 Å².